The number of aliphatic hydroxyl groups is 1. The molecule has 3 unspecified atom stereocenters. The molecule has 2 amide bonds. The molecule has 1 aromatic carbocycles. The van der Waals surface area contributed by atoms with E-state index in [0.717, 1.165) is 16.8 Å². The van der Waals surface area contributed by atoms with Crippen molar-refractivity contribution < 1.29 is 29.0 Å². The Morgan fingerprint density at radius 2 is 2.03 bits per heavy atom. The molecule has 1 N–H and O–H groups in total. The number of fused-ring (bicyclic) bond motifs is 1. The zero-order valence-corrected chi connectivity index (χ0v) is 23.8. The molecule has 39 heavy (non-hydrogen) atoms. The molecular formula is C31H42N2O6. The van der Waals surface area contributed by atoms with Gasteiger partial charge in [-0.3, -0.25) is 14.4 Å². The summed E-state index contributed by atoms with van der Waals surface area (Å²) in [5, 5.41) is 10.2. The number of rotatable bonds is 11. The lowest BCUT2D eigenvalue weighted by Gasteiger charge is -2.39. The summed E-state index contributed by atoms with van der Waals surface area (Å²) < 4.78 is 12.4. The predicted octanol–water partition coefficient (Wildman–Crippen LogP) is 3.72. The number of unbranched alkanes of at least 4 members (excludes halogenated alkanes) is 1. The minimum Gasteiger partial charge on any atom is -0.465 e. The van der Waals surface area contributed by atoms with Crippen LogP contribution >= 0.6 is 0 Å². The van der Waals surface area contributed by atoms with Crippen molar-refractivity contribution in [3.8, 4) is 0 Å². The molecule has 8 nitrogen and oxygen atoms in total. The molecule has 2 bridgehead atoms. The first-order valence-corrected chi connectivity index (χ1v) is 13.9. The number of carbonyl (C=O) groups is 3. The maximum absolute atomic E-state index is 14.6. The summed E-state index contributed by atoms with van der Waals surface area (Å²) in [7, 11) is 0. The third kappa shape index (κ3) is 4.51. The van der Waals surface area contributed by atoms with Crippen LogP contribution in [-0.2, 0) is 23.9 Å². The Balaban J connectivity index is 1.81. The number of likely N-dealkylation sites (tertiary alicyclic amines) is 1. The van der Waals surface area contributed by atoms with Crippen LogP contribution in [0.3, 0.4) is 0 Å². The van der Waals surface area contributed by atoms with Gasteiger partial charge in [0, 0.05) is 12.2 Å². The van der Waals surface area contributed by atoms with E-state index in [1.54, 1.807) is 24.0 Å². The monoisotopic (exact) mass is 538 g/mol. The molecule has 7 atom stereocenters. The van der Waals surface area contributed by atoms with E-state index in [4.69, 9.17) is 9.47 Å². The molecule has 3 saturated heterocycles. The second kappa shape index (κ2) is 10.9. The molecule has 4 rings (SSSR count). The van der Waals surface area contributed by atoms with Crippen LogP contribution in [0.15, 0.2) is 43.5 Å². The van der Waals surface area contributed by atoms with E-state index in [0.29, 0.717) is 19.3 Å². The van der Waals surface area contributed by atoms with Crippen molar-refractivity contribution in [2.75, 3.05) is 24.7 Å². The van der Waals surface area contributed by atoms with E-state index in [1.807, 2.05) is 45.9 Å². The van der Waals surface area contributed by atoms with Crippen LogP contribution in [0.1, 0.15) is 51.2 Å². The summed E-state index contributed by atoms with van der Waals surface area (Å²) in [6.07, 6.45) is 5.22. The van der Waals surface area contributed by atoms with Crippen molar-refractivity contribution in [1.29, 1.82) is 0 Å². The number of allylic oxidation sites excluding steroid dienone is 1. The third-order valence-electron chi connectivity index (χ3n) is 9.01. The number of benzene rings is 1. The fraction of sp³-hybridized carbons (Fsp3) is 0.581. The number of aryl methyl sites for hydroxylation is 2. The Labute approximate surface area is 231 Å². The van der Waals surface area contributed by atoms with E-state index < -0.39 is 41.1 Å². The molecule has 1 spiro atoms. The Bertz CT molecular complexity index is 1170. The Kier molecular flexibility index (Phi) is 8.11. The zero-order valence-electron chi connectivity index (χ0n) is 23.8. The van der Waals surface area contributed by atoms with Gasteiger partial charge in [-0.1, -0.05) is 31.2 Å². The maximum atomic E-state index is 14.6. The van der Waals surface area contributed by atoms with Crippen LogP contribution in [0.2, 0.25) is 0 Å². The zero-order chi connectivity index (χ0) is 28.7. The van der Waals surface area contributed by atoms with Crippen LogP contribution in [0.25, 0.3) is 0 Å². The molecule has 0 saturated carbocycles. The number of nitrogens with zero attached hydrogens (tertiary/aromatic N) is 2. The topological polar surface area (TPSA) is 96.4 Å². The summed E-state index contributed by atoms with van der Waals surface area (Å²) >= 11 is 0. The Morgan fingerprint density at radius 3 is 2.67 bits per heavy atom. The van der Waals surface area contributed by atoms with Crippen molar-refractivity contribution in [1.82, 2.24) is 4.90 Å². The van der Waals surface area contributed by atoms with E-state index in [-0.39, 0.29) is 37.5 Å². The third-order valence-corrected chi connectivity index (χ3v) is 9.01. The summed E-state index contributed by atoms with van der Waals surface area (Å²) in [4.78, 5) is 45.5. The number of aliphatic hydroxyl groups excluding tert-OH is 1. The lowest BCUT2D eigenvalue weighted by Crippen LogP contribution is -2.58. The average Bonchev–Trinajstić information content (AvgIpc) is 3.42. The minimum absolute atomic E-state index is 0.0967. The van der Waals surface area contributed by atoms with Gasteiger partial charge in [0.1, 0.15) is 17.6 Å². The van der Waals surface area contributed by atoms with Gasteiger partial charge in [-0.25, -0.2) is 0 Å². The molecule has 3 aliphatic heterocycles. The van der Waals surface area contributed by atoms with Gasteiger partial charge in [0.05, 0.1) is 30.8 Å². The van der Waals surface area contributed by atoms with Gasteiger partial charge in [-0.2, -0.15) is 0 Å². The molecule has 1 aromatic rings. The Morgan fingerprint density at radius 1 is 1.31 bits per heavy atom. The second-order valence-electron chi connectivity index (χ2n) is 11.6. The normalized spacial score (nSPS) is 31.6. The van der Waals surface area contributed by atoms with E-state index in [1.165, 1.54) is 4.90 Å². The van der Waals surface area contributed by atoms with Gasteiger partial charge in [0.15, 0.2) is 0 Å². The molecule has 0 aliphatic carbocycles. The number of ether oxygens (including phenoxy) is 2. The first kappa shape index (κ1) is 29.0. The SMILES string of the molecule is C=CCCCOC(=O)[C@H]1[C@H]2C(=O)N([C@H](C)CO)C(C(=O)N(CC=C)c3cc(C)ccc3C)C23CC(C)[C@]1(C)O3. The number of carbonyl (C=O) groups excluding carboxylic acids is 3. The summed E-state index contributed by atoms with van der Waals surface area (Å²) in [6.45, 7) is 17.2. The fourth-order valence-corrected chi connectivity index (χ4v) is 6.96. The number of hydrogen-bond donors (Lipinski definition) is 1. The van der Waals surface area contributed by atoms with E-state index >= 15 is 0 Å². The van der Waals surface area contributed by atoms with Crippen LogP contribution in [0.5, 0.6) is 0 Å². The lowest BCUT2D eigenvalue weighted by atomic mass is 9.62. The number of hydrogen-bond acceptors (Lipinski definition) is 6. The molecule has 8 heteroatoms. The lowest BCUT2D eigenvalue weighted by molar-refractivity contribution is -0.162. The predicted molar refractivity (Wildman–Crippen MR) is 149 cm³/mol. The van der Waals surface area contributed by atoms with Gasteiger partial charge >= 0.3 is 5.97 Å². The molecular weight excluding hydrogens is 496 g/mol. The van der Waals surface area contributed by atoms with Gasteiger partial charge in [-0.15, -0.1) is 13.2 Å². The van der Waals surface area contributed by atoms with Crippen molar-refractivity contribution in [2.45, 2.75) is 77.2 Å². The highest BCUT2D eigenvalue weighted by molar-refractivity contribution is 6.05. The summed E-state index contributed by atoms with van der Waals surface area (Å²) in [6, 6.07) is 4.23. The molecule has 3 fully saturated rings. The van der Waals surface area contributed by atoms with Gasteiger partial charge in [0.25, 0.3) is 5.91 Å². The first-order valence-electron chi connectivity index (χ1n) is 13.9. The van der Waals surface area contributed by atoms with Crippen LogP contribution in [0, 0.1) is 31.6 Å². The molecule has 3 heterocycles. The van der Waals surface area contributed by atoms with Crippen molar-refractivity contribution in [3.63, 3.8) is 0 Å². The first-order chi connectivity index (χ1) is 18.5. The highest BCUT2D eigenvalue weighted by Crippen LogP contribution is 2.65. The smallest absolute Gasteiger partial charge is 0.312 e. The van der Waals surface area contributed by atoms with Gasteiger partial charge in [0.2, 0.25) is 5.91 Å². The number of amides is 2. The fourth-order valence-electron chi connectivity index (χ4n) is 6.96. The summed E-state index contributed by atoms with van der Waals surface area (Å²) in [5.41, 5.74) is 0.469. The van der Waals surface area contributed by atoms with E-state index in [9.17, 15) is 19.5 Å². The number of esters is 1. The van der Waals surface area contributed by atoms with E-state index in [2.05, 4.69) is 13.2 Å². The quantitative estimate of drug-likeness (QED) is 0.262. The van der Waals surface area contributed by atoms with Crippen molar-refractivity contribution >= 4 is 23.5 Å². The average molecular weight is 539 g/mol. The van der Waals surface area contributed by atoms with Gasteiger partial charge in [-0.05, 0) is 70.1 Å². The molecule has 0 aromatic heterocycles. The van der Waals surface area contributed by atoms with Crippen LogP contribution in [-0.4, -0.2) is 70.8 Å². The van der Waals surface area contributed by atoms with Crippen molar-refractivity contribution in [2.24, 2.45) is 17.8 Å². The van der Waals surface area contributed by atoms with Crippen LogP contribution in [0.4, 0.5) is 5.69 Å². The summed E-state index contributed by atoms with van der Waals surface area (Å²) in [5.74, 6) is -2.96. The standard InChI is InChI=1S/C31H42N2O6/c1-8-10-11-15-38-29(37)25-24-27(35)33(22(6)18-34)26(31(24)17-21(5)30(25,7)39-31)28(36)32(14-9-2)23-16-19(3)12-13-20(23)4/h8-9,12-13,16,21-22,24-26,34H,1-2,10-11,14-15,17-18H2,3-7H3/t21?,22-,24+,25-,26?,30+,31?/m1/s1. The van der Waals surface area contributed by atoms with Crippen molar-refractivity contribution in [3.05, 3.63) is 54.6 Å². The van der Waals surface area contributed by atoms with Crippen LogP contribution < -0.4 is 4.90 Å². The second-order valence-corrected chi connectivity index (χ2v) is 11.6. The highest BCUT2D eigenvalue weighted by atomic mass is 16.6. The molecule has 3 aliphatic rings. The Hall–Kier alpha value is -2.97. The highest BCUT2D eigenvalue weighted by Gasteiger charge is 2.80. The minimum atomic E-state index is -1.21. The molecule has 0 radical (unpaired) electrons. The van der Waals surface area contributed by atoms with Gasteiger partial charge < -0.3 is 24.4 Å². The maximum Gasteiger partial charge on any atom is 0.312 e. The number of anilines is 1. The molecule has 212 valence electrons. The largest absolute Gasteiger partial charge is 0.465 e.